The maximum absolute atomic E-state index is 8.84. The number of hydrogen-bond acceptors (Lipinski definition) is 2. The number of hydrogen-bond donors (Lipinski definition) is 2. The van der Waals surface area contributed by atoms with Gasteiger partial charge in [0.25, 0.3) is 0 Å². The molecule has 0 aliphatic heterocycles. The monoisotopic (exact) mass is 247 g/mol. The van der Waals surface area contributed by atoms with Crippen LogP contribution < -0.4 is 10.6 Å². The van der Waals surface area contributed by atoms with Gasteiger partial charge in [0.2, 0.25) is 0 Å². The van der Waals surface area contributed by atoms with Crippen molar-refractivity contribution in [2.24, 2.45) is 5.92 Å². The molecule has 0 saturated carbocycles. The Kier molecular flexibility index (Phi) is 4.92. The van der Waals surface area contributed by atoms with Gasteiger partial charge in [0.1, 0.15) is 0 Å². The molecule has 0 unspecified atom stereocenters. The van der Waals surface area contributed by atoms with E-state index in [-0.39, 0.29) is 0 Å². The third-order valence-corrected chi connectivity index (χ3v) is 2.53. The Bertz CT molecular complexity index is 446. The molecule has 17 heavy (non-hydrogen) atoms. The molecule has 0 atom stereocenters. The molecular weight excluding hydrogens is 230 g/mol. The Balaban J connectivity index is 2.68. The molecule has 1 aromatic carbocycles. The molecule has 0 radical (unpaired) electrons. The van der Waals surface area contributed by atoms with Gasteiger partial charge in [0.05, 0.1) is 11.6 Å². The van der Waals surface area contributed by atoms with Gasteiger partial charge in [0.15, 0.2) is 5.11 Å². The van der Waals surface area contributed by atoms with E-state index in [0.29, 0.717) is 16.6 Å². The molecule has 0 bridgehead atoms. The first kappa shape index (κ1) is 13.5. The number of aryl methyl sites for hydroxylation is 1. The van der Waals surface area contributed by atoms with E-state index in [4.69, 9.17) is 17.5 Å². The first-order chi connectivity index (χ1) is 8.02. The lowest BCUT2D eigenvalue weighted by molar-refractivity contribution is 0.627. The molecule has 0 heterocycles. The maximum atomic E-state index is 8.84. The zero-order chi connectivity index (χ0) is 12.8. The molecule has 3 nitrogen and oxygen atoms in total. The van der Waals surface area contributed by atoms with Crippen LogP contribution in [0.1, 0.15) is 25.0 Å². The number of nitriles is 1. The predicted molar refractivity (Wildman–Crippen MR) is 75.0 cm³/mol. The van der Waals surface area contributed by atoms with Crippen LogP contribution in [0.15, 0.2) is 18.2 Å². The van der Waals surface area contributed by atoms with Crippen molar-refractivity contribution in [2.75, 3.05) is 11.9 Å². The van der Waals surface area contributed by atoms with Gasteiger partial charge in [-0.3, -0.25) is 0 Å². The highest BCUT2D eigenvalue weighted by atomic mass is 32.1. The molecule has 0 amide bonds. The van der Waals surface area contributed by atoms with Crippen molar-refractivity contribution in [3.05, 3.63) is 29.3 Å². The second-order valence-corrected chi connectivity index (χ2v) is 4.78. The second-order valence-electron chi connectivity index (χ2n) is 4.37. The molecule has 1 rings (SSSR count). The molecule has 1 aromatic rings. The van der Waals surface area contributed by atoms with E-state index in [2.05, 4.69) is 30.6 Å². The number of nitrogens with one attached hydrogen (secondary N) is 2. The summed E-state index contributed by atoms with van der Waals surface area (Å²) >= 11 is 5.19. The summed E-state index contributed by atoms with van der Waals surface area (Å²) in [5, 5.41) is 15.7. The highest BCUT2D eigenvalue weighted by Gasteiger charge is 2.03. The van der Waals surface area contributed by atoms with Gasteiger partial charge in [-0.05, 0) is 42.8 Å². The van der Waals surface area contributed by atoms with Gasteiger partial charge < -0.3 is 10.6 Å². The lowest BCUT2D eigenvalue weighted by atomic mass is 10.1. The van der Waals surface area contributed by atoms with Gasteiger partial charge in [-0.1, -0.05) is 19.9 Å². The third-order valence-electron chi connectivity index (χ3n) is 2.29. The molecule has 0 aliphatic rings. The van der Waals surface area contributed by atoms with Crippen molar-refractivity contribution in [1.82, 2.24) is 5.32 Å². The van der Waals surface area contributed by atoms with Crippen LogP contribution in [0.25, 0.3) is 0 Å². The number of anilines is 1. The Morgan fingerprint density at radius 3 is 2.76 bits per heavy atom. The SMILES string of the molecule is Cc1ccc(C#N)cc1NC(=S)NCC(C)C. The van der Waals surface area contributed by atoms with E-state index >= 15 is 0 Å². The van der Waals surface area contributed by atoms with Gasteiger partial charge in [-0.25, -0.2) is 0 Å². The van der Waals surface area contributed by atoms with Crippen LogP contribution in [0.2, 0.25) is 0 Å². The minimum absolute atomic E-state index is 0.543. The van der Waals surface area contributed by atoms with Crippen LogP contribution in [0.5, 0.6) is 0 Å². The Morgan fingerprint density at radius 2 is 2.18 bits per heavy atom. The van der Waals surface area contributed by atoms with Gasteiger partial charge in [-0.2, -0.15) is 5.26 Å². The zero-order valence-corrected chi connectivity index (χ0v) is 11.2. The molecule has 90 valence electrons. The number of rotatable bonds is 3. The van der Waals surface area contributed by atoms with E-state index in [1.807, 2.05) is 13.0 Å². The minimum atomic E-state index is 0.543. The number of thiocarbonyl (C=S) groups is 1. The molecule has 4 heteroatoms. The minimum Gasteiger partial charge on any atom is -0.362 e. The van der Waals surface area contributed by atoms with E-state index in [1.165, 1.54) is 0 Å². The fourth-order valence-electron chi connectivity index (χ4n) is 1.29. The average molecular weight is 247 g/mol. The Labute approximate surface area is 108 Å². The van der Waals surface area contributed by atoms with Crippen LogP contribution in [-0.4, -0.2) is 11.7 Å². The second kappa shape index (κ2) is 6.21. The molecule has 0 saturated heterocycles. The molecule has 0 aromatic heterocycles. The quantitative estimate of drug-likeness (QED) is 0.806. The fraction of sp³-hybridized carbons (Fsp3) is 0.385. The van der Waals surface area contributed by atoms with Crippen molar-refractivity contribution < 1.29 is 0 Å². The smallest absolute Gasteiger partial charge is 0.170 e. The summed E-state index contributed by atoms with van der Waals surface area (Å²) in [6.45, 7) is 7.06. The van der Waals surface area contributed by atoms with Gasteiger partial charge in [-0.15, -0.1) is 0 Å². The molecular formula is C13H17N3S. The van der Waals surface area contributed by atoms with E-state index in [1.54, 1.807) is 12.1 Å². The number of benzene rings is 1. The lowest BCUT2D eigenvalue weighted by Crippen LogP contribution is -2.31. The normalized spacial score (nSPS) is 9.82. The summed E-state index contributed by atoms with van der Waals surface area (Å²) in [6, 6.07) is 7.62. The van der Waals surface area contributed by atoms with Crippen molar-refractivity contribution in [2.45, 2.75) is 20.8 Å². The van der Waals surface area contributed by atoms with Crippen LogP contribution in [-0.2, 0) is 0 Å². The summed E-state index contributed by atoms with van der Waals surface area (Å²) < 4.78 is 0. The largest absolute Gasteiger partial charge is 0.362 e. The molecule has 0 fully saturated rings. The van der Waals surface area contributed by atoms with Crippen LogP contribution in [0.4, 0.5) is 5.69 Å². The third kappa shape index (κ3) is 4.41. The van der Waals surface area contributed by atoms with E-state index in [0.717, 1.165) is 17.8 Å². The predicted octanol–water partition coefficient (Wildman–Crippen LogP) is 2.81. The number of nitrogens with zero attached hydrogens (tertiary/aromatic N) is 1. The highest BCUT2D eigenvalue weighted by molar-refractivity contribution is 7.80. The van der Waals surface area contributed by atoms with E-state index < -0.39 is 0 Å². The van der Waals surface area contributed by atoms with Crippen molar-refractivity contribution in [3.8, 4) is 6.07 Å². The zero-order valence-electron chi connectivity index (χ0n) is 10.4. The summed E-state index contributed by atoms with van der Waals surface area (Å²) in [4.78, 5) is 0. The van der Waals surface area contributed by atoms with E-state index in [9.17, 15) is 0 Å². The fourth-order valence-corrected chi connectivity index (χ4v) is 1.48. The molecule has 0 spiro atoms. The van der Waals surface area contributed by atoms with Gasteiger partial charge >= 0.3 is 0 Å². The maximum Gasteiger partial charge on any atom is 0.170 e. The van der Waals surface area contributed by atoms with Crippen LogP contribution >= 0.6 is 12.2 Å². The summed E-state index contributed by atoms with van der Waals surface area (Å²) in [6.07, 6.45) is 0. The van der Waals surface area contributed by atoms with Crippen LogP contribution in [0, 0.1) is 24.2 Å². The lowest BCUT2D eigenvalue weighted by Gasteiger charge is -2.13. The van der Waals surface area contributed by atoms with Gasteiger partial charge in [0, 0.05) is 12.2 Å². The molecule has 2 N–H and O–H groups in total. The standard InChI is InChI=1S/C13H17N3S/c1-9(2)8-15-13(17)16-12-6-11(7-14)5-4-10(12)3/h4-6,9H,8H2,1-3H3,(H2,15,16,17). The average Bonchev–Trinajstić information content (AvgIpc) is 2.29. The topological polar surface area (TPSA) is 47.9 Å². The first-order valence-corrected chi connectivity index (χ1v) is 5.99. The first-order valence-electron chi connectivity index (χ1n) is 5.58. The van der Waals surface area contributed by atoms with Crippen molar-refractivity contribution >= 4 is 23.0 Å². The summed E-state index contributed by atoms with van der Waals surface area (Å²) in [7, 11) is 0. The molecule has 0 aliphatic carbocycles. The van der Waals surface area contributed by atoms with Crippen molar-refractivity contribution in [1.29, 1.82) is 5.26 Å². The Hall–Kier alpha value is -1.60. The summed E-state index contributed by atoms with van der Waals surface area (Å²) in [5.74, 6) is 0.543. The van der Waals surface area contributed by atoms with Crippen LogP contribution in [0.3, 0.4) is 0 Å². The Morgan fingerprint density at radius 1 is 1.47 bits per heavy atom. The summed E-state index contributed by atoms with van der Waals surface area (Å²) in [5.41, 5.74) is 2.58. The van der Waals surface area contributed by atoms with Crippen molar-refractivity contribution in [3.63, 3.8) is 0 Å². The highest BCUT2D eigenvalue weighted by Crippen LogP contribution is 2.16.